The van der Waals surface area contributed by atoms with E-state index in [-0.39, 0.29) is 6.04 Å². The van der Waals surface area contributed by atoms with Gasteiger partial charge in [0, 0.05) is 45.5 Å². The number of allylic oxidation sites excluding steroid dienone is 17. The molecule has 0 amide bonds. The summed E-state index contributed by atoms with van der Waals surface area (Å²) in [6, 6.07) is 28.2. The van der Waals surface area contributed by atoms with Crippen molar-refractivity contribution >= 4 is 22.5 Å². The lowest BCUT2D eigenvalue weighted by atomic mass is 9.93. The molecule has 0 spiro atoms. The molecule has 1 N–H and O–H groups in total. The number of hydrogen-bond donors (Lipinski definition) is 1. The van der Waals surface area contributed by atoms with Crippen LogP contribution in [0.15, 0.2) is 199 Å². The molecule has 0 saturated heterocycles. The summed E-state index contributed by atoms with van der Waals surface area (Å²) in [5.74, 6) is 0.738. The Morgan fingerprint density at radius 3 is 2.34 bits per heavy atom. The minimum atomic E-state index is 0.0686. The van der Waals surface area contributed by atoms with Crippen LogP contribution in [0.1, 0.15) is 76.1 Å². The van der Waals surface area contributed by atoms with Gasteiger partial charge in [-0.1, -0.05) is 148 Å². The van der Waals surface area contributed by atoms with Crippen molar-refractivity contribution in [2.45, 2.75) is 71.8 Å². The van der Waals surface area contributed by atoms with Gasteiger partial charge in [0.05, 0.1) is 11.4 Å². The van der Waals surface area contributed by atoms with Gasteiger partial charge in [0.1, 0.15) is 0 Å². The van der Waals surface area contributed by atoms with Crippen molar-refractivity contribution in [3.63, 3.8) is 0 Å². The SMILES string of the molecule is C=C1/C=C(c2ccc(CC)c(NC(/C=C3/C=CC=CC3)=C/CC)c2)\C=C/C(C)N(c2ccc(-c3cc(C4=CCCC=C4)nc(-c4ccccc4)n3)cc2)C2=CCCC=C12. The molecule has 3 aliphatic carbocycles. The van der Waals surface area contributed by atoms with Crippen LogP contribution >= 0.6 is 0 Å². The number of anilines is 2. The van der Waals surface area contributed by atoms with Crippen molar-refractivity contribution in [1.82, 2.24) is 9.97 Å². The van der Waals surface area contributed by atoms with Crippen LogP contribution in [0.3, 0.4) is 0 Å². The van der Waals surface area contributed by atoms with E-state index < -0.39 is 0 Å². The predicted octanol–water partition coefficient (Wildman–Crippen LogP) is 14.3. The number of nitrogens with zero attached hydrogens (tertiary/aromatic N) is 3. The van der Waals surface area contributed by atoms with E-state index in [2.05, 4.69) is 183 Å². The minimum Gasteiger partial charge on any atom is -0.356 e. The van der Waals surface area contributed by atoms with E-state index in [0.29, 0.717) is 0 Å². The van der Waals surface area contributed by atoms with Gasteiger partial charge in [-0.25, -0.2) is 9.97 Å². The molecule has 8 rings (SSSR count). The first kappa shape index (κ1) is 39.3. The lowest BCUT2D eigenvalue weighted by molar-refractivity contribution is 0.810. The molecule has 0 radical (unpaired) electrons. The van der Waals surface area contributed by atoms with Crippen molar-refractivity contribution < 1.29 is 0 Å². The highest BCUT2D eigenvalue weighted by molar-refractivity contribution is 5.82. The first-order chi connectivity index (χ1) is 29.0. The lowest BCUT2D eigenvalue weighted by Crippen LogP contribution is -2.32. The zero-order valence-corrected chi connectivity index (χ0v) is 34.7. The van der Waals surface area contributed by atoms with Crippen molar-refractivity contribution in [3.05, 3.63) is 215 Å². The molecule has 4 aliphatic rings. The Kier molecular flexibility index (Phi) is 12.2. The summed E-state index contributed by atoms with van der Waals surface area (Å²) in [5, 5.41) is 3.82. The predicted molar refractivity (Wildman–Crippen MR) is 252 cm³/mol. The number of aromatic nitrogens is 2. The number of aryl methyl sites for hydroxylation is 1. The monoisotopic (exact) mass is 770 g/mol. The molecule has 1 aliphatic heterocycles. The molecule has 4 aromatic rings. The van der Waals surface area contributed by atoms with E-state index in [4.69, 9.17) is 9.97 Å². The van der Waals surface area contributed by atoms with Crippen molar-refractivity contribution in [2.24, 2.45) is 0 Å². The first-order valence-electron chi connectivity index (χ1n) is 21.3. The van der Waals surface area contributed by atoms with Crippen LogP contribution in [0.4, 0.5) is 11.4 Å². The topological polar surface area (TPSA) is 41.0 Å². The standard InChI is InChI=1S/C55H54N4/c1-5-18-48(36-41-19-10-7-11-20-41)56-51-37-47(30-29-42(51)6-2)46-28-27-40(4)59(54-26-17-16-25-50(54)39(3)35-46)49-33-31-44(32-34-49)53-38-52(43-21-12-8-13-22-43)57-55(58-53)45-23-14-9-15-24-45/h7,9-12,14-15,18-19,21-38,40,56H,3,5-6,8,13,16-17,20H2,1-2,4H3/b28-27-,41-36-,46-35+,48-18+. The summed E-state index contributed by atoms with van der Waals surface area (Å²) >= 11 is 0. The molecule has 294 valence electrons. The minimum absolute atomic E-state index is 0.0686. The maximum Gasteiger partial charge on any atom is 0.160 e. The van der Waals surface area contributed by atoms with E-state index in [1.807, 2.05) is 18.2 Å². The van der Waals surface area contributed by atoms with E-state index in [1.165, 1.54) is 22.4 Å². The van der Waals surface area contributed by atoms with Crippen LogP contribution in [-0.4, -0.2) is 16.0 Å². The number of rotatable bonds is 10. The maximum atomic E-state index is 5.10. The van der Waals surface area contributed by atoms with Crippen LogP contribution in [0.2, 0.25) is 0 Å². The molecule has 59 heavy (non-hydrogen) atoms. The van der Waals surface area contributed by atoms with Crippen LogP contribution < -0.4 is 10.2 Å². The second-order valence-electron chi connectivity index (χ2n) is 15.5. The smallest absolute Gasteiger partial charge is 0.160 e. The van der Waals surface area contributed by atoms with E-state index in [1.54, 1.807) is 0 Å². The Balaban J connectivity index is 1.12. The van der Waals surface area contributed by atoms with Gasteiger partial charge in [-0.3, -0.25) is 0 Å². The fourth-order valence-corrected chi connectivity index (χ4v) is 8.20. The average molecular weight is 771 g/mol. The molecule has 4 heteroatoms. The summed E-state index contributed by atoms with van der Waals surface area (Å²) in [5.41, 5.74) is 16.8. The van der Waals surface area contributed by atoms with Crippen LogP contribution in [0.5, 0.6) is 0 Å². The Morgan fingerprint density at radius 2 is 1.58 bits per heavy atom. The van der Waals surface area contributed by atoms with E-state index in [9.17, 15) is 0 Å². The van der Waals surface area contributed by atoms with Gasteiger partial charge in [-0.05, 0) is 122 Å². The number of hydrogen-bond acceptors (Lipinski definition) is 4. The van der Waals surface area contributed by atoms with Gasteiger partial charge in [0.25, 0.3) is 0 Å². The second-order valence-corrected chi connectivity index (χ2v) is 15.5. The van der Waals surface area contributed by atoms with Crippen molar-refractivity contribution in [1.29, 1.82) is 0 Å². The van der Waals surface area contributed by atoms with Gasteiger partial charge in [-0.15, -0.1) is 0 Å². The highest BCUT2D eigenvalue weighted by atomic mass is 15.2. The highest BCUT2D eigenvalue weighted by Gasteiger charge is 2.25. The summed E-state index contributed by atoms with van der Waals surface area (Å²) in [7, 11) is 0. The Bertz CT molecular complexity index is 2530. The number of benzene rings is 3. The van der Waals surface area contributed by atoms with Crippen LogP contribution in [-0.2, 0) is 6.42 Å². The van der Waals surface area contributed by atoms with E-state index in [0.717, 1.165) is 113 Å². The van der Waals surface area contributed by atoms with Gasteiger partial charge in [0.2, 0.25) is 0 Å². The third kappa shape index (κ3) is 9.13. The molecule has 0 fully saturated rings. The third-order valence-electron chi connectivity index (χ3n) is 11.3. The molecule has 0 bridgehead atoms. The van der Waals surface area contributed by atoms with Crippen LogP contribution in [0.25, 0.3) is 33.8 Å². The van der Waals surface area contributed by atoms with Gasteiger partial charge >= 0.3 is 0 Å². The zero-order chi connectivity index (χ0) is 40.6. The van der Waals surface area contributed by atoms with Crippen molar-refractivity contribution in [2.75, 3.05) is 10.2 Å². The van der Waals surface area contributed by atoms with Gasteiger partial charge in [0.15, 0.2) is 5.82 Å². The molecular formula is C55H54N4. The molecule has 3 aromatic carbocycles. The second kappa shape index (κ2) is 18.4. The quantitative estimate of drug-likeness (QED) is 0.174. The van der Waals surface area contributed by atoms with Gasteiger partial charge < -0.3 is 10.2 Å². The summed E-state index contributed by atoms with van der Waals surface area (Å²) in [6.07, 6.45) is 38.4. The summed E-state index contributed by atoms with van der Waals surface area (Å²) < 4.78 is 0. The lowest BCUT2D eigenvalue weighted by Gasteiger charge is -2.34. The summed E-state index contributed by atoms with van der Waals surface area (Å²) in [6.45, 7) is 11.4. The highest BCUT2D eigenvalue weighted by Crippen LogP contribution is 2.38. The molecule has 1 unspecified atom stereocenters. The largest absolute Gasteiger partial charge is 0.356 e. The van der Waals surface area contributed by atoms with Crippen molar-refractivity contribution in [3.8, 4) is 22.6 Å². The van der Waals surface area contributed by atoms with Crippen LogP contribution in [0, 0.1) is 0 Å². The van der Waals surface area contributed by atoms with E-state index >= 15 is 0 Å². The molecule has 2 heterocycles. The molecule has 0 saturated carbocycles. The molecule has 4 nitrogen and oxygen atoms in total. The zero-order valence-electron chi connectivity index (χ0n) is 34.7. The molecular weight excluding hydrogens is 717 g/mol. The first-order valence-corrected chi connectivity index (χ1v) is 21.3. The third-order valence-corrected chi connectivity index (χ3v) is 11.3. The fraction of sp³-hybridized carbons (Fsp3) is 0.200. The number of nitrogens with one attached hydrogen (secondary N) is 1. The fourth-order valence-electron chi connectivity index (χ4n) is 8.20. The number of fused-ring (bicyclic) bond motifs is 1. The maximum absolute atomic E-state index is 5.10. The Hall–Kier alpha value is -6.52. The summed E-state index contributed by atoms with van der Waals surface area (Å²) in [4.78, 5) is 12.6. The van der Waals surface area contributed by atoms with Gasteiger partial charge in [-0.2, -0.15) is 0 Å². The normalized spacial score (nSPS) is 20.1. The Labute approximate surface area is 351 Å². The average Bonchev–Trinajstić information content (AvgIpc) is 3.34. The molecule has 1 atom stereocenters. The molecule has 1 aromatic heterocycles. The Morgan fingerprint density at radius 1 is 0.780 bits per heavy atom.